The number of hydrogen-bond donors (Lipinski definition) is 1. The van der Waals surface area contributed by atoms with Crippen molar-refractivity contribution in [1.82, 2.24) is 9.78 Å². The minimum atomic E-state index is -0.639. The highest BCUT2D eigenvalue weighted by Gasteiger charge is 2.13. The van der Waals surface area contributed by atoms with Crippen molar-refractivity contribution in [3.63, 3.8) is 0 Å². The van der Waals surface area contributed by atoms with Crippen molar-refractivity contribution in [1.29, 1.82) is 0 Å². The van der Waals surface area contributed by atoms with E-state index in [1.54, 1.807) is 4.68 Å². The molecule has 0 radical (unpaired) electrons. The first-order valence-corrected chi connectivity index (χ1v) is 5.32. The van der Waals surface area contributed by atoms with E-state index in [-0.39, 0.29) is 0 Å². The van der Waals surface area contributed by atoms with Gasteiger partial charge in [-0.05, 0) is 25.5 Å². The van der Waals surface area contributed by atoms with E-state index in [2.05, 4.69) is 11.2 Å². The van der Waals surface area contributed by atoms with Crippen LogP contribution < -0.4 is 0 Å². The normalized spacial score (nSPS) is 12.8. The molecule has 0 aliphatic rings. The summed E-state index contributed by atoms with van der Waals surface area (Å²) in [6.45, 7) is 4.06. The number of aliphatic hydroxyl groups excluding tert-OH is 1. The molecule has 1 atom stereocenters. The van der Waals surface area contributed by atoms with Crippen molar-refractivity contribution in [2.45, 2.75) is 20.0 Å². The summed E-state index contributed by atoms with van der Waals surface area (Å²) in [5.41, 5.74) is 3.90. The van der Waals surface area contributed by atoms with E-state index in [4.69, 9.17) is 0 Å². The van der Waals surface area contributed by atoms with Gasteiger partial charge in [0.15, 0.2) is 0 Å². The van der Waals surface area contributed by atoms with Gasteiger partial charge >= 0.3 is 0 Å². The van der Waals surface area contributed by atoms with E-state index in [0.717, 1.165) is 16.7 Å². The fourth-order valence-electron chi connectivity index (χ4n) is 1.92. The average molecular weight is 216 g/mol. The van der Waals surface area contributed by atoms with Gasteiger partial charge in [0.25, 0.3) is 0 Å². The van der Waals surface area contributed by atoms with Crippen LogP contribution in [0.15, 0.2) is 30.5 Å². The first kappa shape index (κ1) is 10.9. The quantitative estimate of drug-likeness (QED) is 0.835. The molecular weight excluding hydrogens is 200 g/mol. The molecule has 3 heteroatoms. The predicted octanol–water partition coefficient (Wildman–Crippen LogP) is 2.12. The maximum Gasteiger partial charge on any atom is 0.123 e. The molecule has 3 nitrogen and oxygen atoms in total. The number of nitrogens with zero attached hydrogens (tertiary/aromatic N) is 2. The number of aryl methyl sites for hydroxylation is 3. The highest BCUT2D eigenvalue weighted by Crippen LogP contribution is 2.22. The van der Waals surface area contributed by atoms with Crippen LogP contribution in [0.5, 0.6) is 0 Å². The van der Waals surface area contributed by atoms with E-state index >= 15 is 0 Å². The van der Waals surface area contributed by atoms with Crippen molar-refractivity contribution in [3.8, 4) is 0 Å². The lowest BCUT2D eigenvalue weighted by molar-refractivity contribution is 0.214. The Bertz CT molecular complexity index is 482. The van der Waals surface area contributed by atoms with E-state index in [1.807, 2.05) is 45.3 Å². The maximum atomic E-state index is 10.2. The molecule has 1 aromatic carbocycles. The fraction of sp³-hybridized carbons (Fsp3) is 0.308. The average Bonchev–Trinajstić information content (AvgIpc) is 2.62. The molecule has 0 aliphatic carbocycles. The Morgan fingerprint density at radius 3 is 2.31 bits per heavy atom. The SMILES string of the molecule is Cc1cc(C)cc(C(O)c2ccn(C)n2)c1. The molecule has 0 saturated carbocycles. The van der Waals surface area contributed by atoms with Crippen molar-refractivity contribution >= 4 is 0 Å². The molecule has 1 aromatic heterocycles. The Balaban J connectivity index is 2.37. The van der Waals surface area contributed by atoms with Gasteiger partial charge in [-0.25, -0.2) is 0 Å². The topological polar surface area (TPSA) is 38.0 Å². The molecule has 0 fully saturated rings. The van der Waals surface area contributed by atoms with Crippen LogP contribution in [0.2, 0.25) is 0 Å². The predicted molar refractivity (Wildman–Crippen MR) is 63.2 cm³/mol. The Labute approximate surface area is 95.3 Å². The molecule has 2 aromatic rings. The fourth-order valence-corrected chi connectivity index (χ4v) is 1.92. The lowest BCUT2D eigenvalue weighted by Crippen LogP contribution is -2.02. The first-order chi connectivity index (χ1) is 7.56. The molecule has 0 spiro atoms. The van der Waals surface area contributed by atoms with Crippen molar-refractivity contribution < 1.29 is 5.11 Å². The van der Waals surface area contributed by atoms with Crippen LogP contribution in [0.1, 0.15) is 28.5 Å². The third kappa shape index (κ3) is 2.14. The first-order valence-electron chi connectivity index (χ1n) is 5.32. The van der Waals surface area contributed by atoms with E-state index in [9.17, 15) is 5.11 Å². The van der Waals surface area contributed by atoms with E-state index < -0.39 is 6.10 Å². The van der Waals surface area contributed by atoms with Gasteiger partial charge in [-0.1, -0.05) is 29.3 Å². The van der Waals surface area contributed by atoms with Gasteiger partial charge in [-0.3, -0.25) is 4.68 Å². The van der Waals surface area contributed by atoms with Crippen LogP contribution in [0.4, 0.5) is 0 Å². The molecule has 0 aliphatic heterocycles. The summed E-state index contributed by atoms with van der Waals surface area (Å²) >= 11 is 0. The Kier molecular flexibility index (Phi) is 2.79. The highest BCUT2D eigenvalue weighted by molar-refractivity contribution is 5.33. The zero-order chi connectivity index (χ0) is 11.7. The summed E-state index contributed by atoms with van der Waals surface area (Å²) < 4.78 is 1.70. The van der Waals surface area contributed by atoms with E-state index in [1.165, 1.54) is 0 Å². The molecule has 1 heterocycles. The monoisotopic (exact) mass is 216 g/mol. The molecule has 1 N–H and O–H groups in total. The zero-order valence-electron chi connectivity index (χ0n) is 9.81. The smallest absolute Gasteiger partial charge is 0.123 e. The minimum Gasteiger partial charge on any atom is -0.382 e. The summed E-state index contributed by atoms with van der Waals surface area (Å²) in [6, 6.07) is 7.91. The van der Waals surface area contributed by atoms with Gasteiger partial charge in [0, 0.05) is 13.2 Å². The Hall–Kier alpha value is -1.61. The summed E-state index contributed by atoms with van der Waals surface area (Å²) in [5.74, 6) is 0. The standard InChI is InChI=1S/C13H16N2O/c1-9-6-10(2)8-11(7-9)13(16)12-4-5-15(3)14-12/h4-8,13,16H,1-3H3. The number of rotatable bonds is 2. The molecular formula is C13H16N2O. The van der Waals surface area contributed by atoms with Crippen LogP contribution in [-0.4, -0.2) is 14.9 Å². The maximum absolute atomic E-state index is 10.2. The second kappa shape index (κ2) is 4.10. The summed E-state index contributed by atoms with van der Waals surface area (Å²) in [7, 11) is 1.84. The van der Waals surface area contributed by atoms with Crippen molar-refractivity contribution in [3.05, 3.63) is 52.8 Å². The molecule has 84 valence electrons. The van der Waals surface area contributed by atoms with Gasteiger partial charge in [0.1, 0.15) is 6.10 Å². The third-order valence-electron chi connectivity index (χ3n) is 2.57. The Morgan fingerprint density at radius 2 is 1.81 bits per heavy atom. The minimum absolute atomic E-state index is 0.639. The number of aliphatic hydroxyl groups is 1. The number of aromatic nitrogens is 2. The second-order valence-electron chi connectivity index (χ2n) is 4.24. The summed E-state index contributed by atoms with van der Waals surface area (Å²) in [5, 5.41) is 14.4. The molecule has 16 heavy (non-hydrogen) atoms. The Morgan fingerprint density at radius 1 is 1.19 bits per heavy atom. The lowest BCUT2D eigenvalue weighted by Gasteiger charge is -2.10. The molecule has 2 rings (SSSR count). The van der Waals surface area contributed by atoms with Crippen LogP contribution in [0.3, 0.4) is 0 Å². The molecule has 1 unspecified atom stereocenters. The van der Waals surface area contributed by atoms with E-state index in [0.29, 0.717) is 5.69 Å². The van der Waals surface area contributed by atoms with Gasteiger partial charge in [0.2, 0.25) is 0 Å². The van der Waals surface area contributed by atoms with Gasteiger partial charge in [0.05, 0.1) is 5.69 Å². The van der Waals surface area contributed by atoms with Crippen LogP contribution in [-0.2, 0) is 7.05 Å². The van der Waals surface area contributed by atoms with Crippen LogP contribution >= 0.6 is 0 Å². The summed E-state index contributed by atoms with van der Waals surface area (Å²) in [6.07, 6.45) is 1.20. The van der Waals surface area contributed by atoms with Crippen molar-refractivity contribution in [2.24, 2.45) is 7.05 Å². The van der Waals surface area contributed by atoms with Gasteiger partial charge < -0.3 is 5.11 Å². The zero-order valence-corrected chi connectivity index (χ0v) is 9.81. The summed E-state index contributed by atoms with van der Waals surface area (Å²) in [4.78, 5) is 0. The molecule has 0 saturated heterocycles. The third-order valence-corrected chi connectivity index (χ3v) is 2.57. The number of hydrogen-bond acceptors (Lipinski definition) is 2. The van der Waals surface area contributed by atoms with Gasteiger partial charge in [-0.2, -0.15) is 5.10 Å². The lowest BCUT2D eigenvalue weighted by atomic mass is 10.0. The van der Waals surface area contributed by atoms with Crippen LogP contribution in [0, 0.1) is 13.8 Å². The highest BCUT2D eigenvalue weighted by atomic mass is 16.3. The number of benzene rings is 1. The van der Waals surface area contributed by atoms with Gasteiger partial charge in [-0.15, -0.1) is 0 Å². The largest absolute Gasteiger partial charge is 0.382 e. The van der Waals surface area contributed by atoms with Crippen molar-refractivity contribution in [2.75, 3.05) is 0 Å². The van der Waals surface area contributed by atoms with Crippen LogP contribution in [0.25, 0.3) is 0 Å². The molecule has 0 amide bonds. The molecule has 0 bridgehead atoms. The second-order valence-corrected chi connectivity index (χ2v) is 4.24.